The number of nitrogens with one attached hydrogen (secondary N) is 2. The molecule has 9 nitrogen and oxygen atoms in total. The highest BCUT2D eigenvalue weighted by Gasteiger charge is 2.47. The molecule has 35 heavy (non-hydrogen) atoms. The van der Waals surface area contributed by atoms with Gasteiger partial charge in [0.05, 0.1) is 6.04 Å². The van der Waals surface area contributed by atoms with Crippen LogP contribution in [0.3, 0.4) is 0 Å². The zero-order valence-electron chi connectivity index (χ0n) is 19.6. The van der Waals surface area contributed by atoms with E-state index in [9.17, 15) is 27.6 Å². The number of hydrogen-bond donors (Lipinski definition) is 3. The molecular weight excluding hydrogens is 469 g/mol. The van der Waals surface area contributed by atoms with Gasteiger partial charge in [-0.25, -0.2) is 9.59 Å². The number of ether oxygens (including phenoxy) is 1. The molecule has 0 aliphatic carbocycles. The van der Waals surface area contributed by atoms with Crippen molar-refractivity contribution >= 4 is 17.8 Å². The quantitative estimate of drug-likeness (QED) is 0.192. The molecule has 3 atom stereocenters. The molecule has 1 aromatic rings. The number of amides is 1. The number of carbonyl (C=O) groups is 3. The normalized spacial score (nSPS) is 19.5. The van der Waals surface area contributed by atoms with E-state index in [-0.39, 0.29) is 11.9 Å². The van der Waals surface area contributed by atoms with Gasteiger partial charge in [0.1, 0.15) is 0 Å². The fourth-order valence-electron chi connectivity index (χ4n) is 3.42. The molecule has 1 aromatic carbocycles. The molecule has 0 aromatic heterocycles. The van der Waals surface area contributed by atoms with E-state index in [0.717, 1.165) is 38.4 Å². The van der Waals surface area contributed by atoms with Gasteiger partial charge in [-0.2, -0.15) is 13.2 Å². The number of rotatable bonds is 10. The summed E-state index contributed by atoms with van der Waals surface area (Å²) in [5, 5.41) is 2.92. The zero-order valence-corrected chi connectivity index (χ0v) is 19.6. The van der Waals surface area contributed by atoms with E-state index in [1.54, 1.807) is 0 Å². The Hall–Kier alpha value is -2.96. The SMILES string of the molecule is CN1CCC[C@H](NC(=O)/C=C/[C@H](CCc2ccccc2)NOC(=O)[C@@](C)(N)OC(=O)C(F)(F)F)C1. The molecule has 194 valence electrons. The van der Waals surface area contributed by atoms with Crippen LogP contribution in [0.4, 0.5) is 13.2 Å². The second-order valence-corrected chi connectivity index (χ2v) is 8.60. The molecule has 1 aliphatic rings. The van der Waals surface area contributed by atoms with Gasteiger partial charge in [0.15, 0.2) is 0 Å². The summed E-state index contributed by atoms with van der Waals surface area (Å²) >= 11 is 0. The van der Waals surface area contributed by atoms with Crippen molar-refractivity contribution in [3.8, 4) is 0 Å². The smallest absolute Gasteiger partial charge is 0.426 e. The third kappa shape index (κ3) is 10.0. The number of piperidine rings is 1. The maximum atomic E-state index is 12.4. The minimum absolute atomic E-state index is 0.0146. The summed E-state index contributed by atoms with van der Waals surface area (Å²) in [6, 6.07) is 8.69. The number of nitrogens with zero attached hydrogens (tertiary/aromatic N) is 1. The molecule has 12 heteroatoms. The average Bonchev–Trinajstić information content (AvgIpc) is 2.78. The highest BCUT2D eigenvalue weighted by Crippen LogP contribution is 2.20. The van der Waals surface area contributed by atoms with Gasteiger partial charge in [-0.05, 0) is 44.8 Å². The highest BCUT2D eigenvalue weighted by molar-refractivity contribution is 5.88. The van der Waals surface area contributed by atoms with E-state index in [1.165, 1.54) is 12.2 Å². The van der Waals surface area contributed by atoms with Gasteiger partial charge in [-0.3, -0.25) is 10.5 Å². The van der Waals surface area contributed by atoms with Gasteiger partial charge < -0.3 is 19.8 Å². The Labute approximate surface area is 201 Å². The monoisotopic (exact) mass is 500 g/mol. The molecule has 0 spiro atoms. The lowest BCUT2D eigenvalue weighted by Gasteiger charge is -2.29. The highest BCUT2D eigenvalue weighted by atomic mass is 19.4. The lowest BCUT2D eigenvalue weighted by molar-refractivity contribution is -0.219. The standard InChI is InChI=1S/C23H31F3N4O5/c1-22(27,34-21(33)23(24,25)26)20(32)35-29-17(11-10-16-7-4-3-5-8-16)12-13-19(31)28-18-9-6-14-30(2)15-18/h3-5,7-8,12-13,17-18,29H,6,9-11,14-15,27H2,1-2H3,(H,28,31)/b13-12+/t17-,18-,22-/m0/s1. The molecule has 2 rings (SSSR count). The first-order chi connectivity index (χ1) is 16.4. The largest absolute Gasteiger partial charge is 0.491 e. The van der Waals surface area contributed by atoms with Gasteiger partial charge in [0, 0.05) is 25.6 Å². The average molecular weight is 501 g/mol. The number of hydroxylamine groups is 1. The van der Waals surface area contributed by atoms with Crippen LogP contribution in [-0.4, -0.2) is 66.9 Å². The van der Waals surface area contributed by atoms with E-state index < -0.39 is 29.9 Å². The number of hydrogen-bond acceptors (Lipinski definition) is 8. The Morgan fingerprint density at radius 1 is 1.23 bits per heavy atom. The van der Waals surface area contributed by atoms with E-state index >= 15 is 0 Å². The zero-order chi connectivity index (χ0) is 26.1. The fourth-order valence-corrected chi connectivity index (χ4v) is 3.42. The first-order valence-corrected chi connectivity index (χ1v) is 11.1. The van der Waals surface area contributed by atoms with Crippen LogP contribution in [0.2, 0.25) is 0 Å². The fraction of sp³-hybridized carbons (Fsp3) is 0.522. The number of nitrogens with two attached hydrogens (primary N) is 1. The third-order valence-electron chi connectivity index (χ3n) is 5.28. The molecule has 1 aliphatic heterocycles. The van der Waals surface area contributed by atoms with Gasteiger partial charge >= 0.3 is 18.1 Å². The van der Waals surface area contributed by atoms with Crippen molar-refractivity contribution in [2.24, 2.45) is 5.73 Å². The summed E-state index contributed by atoms with van der Waals surface area (Å²) in [5.41, 5.74) is 6.10. The number of carbonyl (C=O) groups excluding carboxylic acids is 3. The Balaban J connectivity index is 1.99. The van der Waals surface area contributed by atoms with Crippen molar-refractivity contribution in [1.82, 2.24) is 15.7 Å². The summed E-state index contributed by atoms with van der Waals surface area (Å²) in [6.45, 7) is 2.47. The third-order valence-corrected chi connectivity index (χ3v) is 5.28. The lowest BCUT2D eigenvalue weighted by atomic mass is 10.0. The van der Waals surface area contributed by atoms with Crippen LogP contribution in [0.25, 0.3) is 0 Å². The molecule has 1 saturated heterocycles. The summed E-state index contributed by atoms with van der Waals surface area (Å²) in [4.78, 5) is 42.5. The van der Waals surface area contributed by atoms with E-state index in [0.29, 0.717) is 12.8 Å². The Bertz CT molecular complexity index is 893. The topological polar surface area (TPSA) is 123 Å². The lowest BCUT2D eigenvalue weighted by Crippen LogP contribution is -2.53. The van der Waals surface area contributed by atoms with E-state index in [2.05, 4.69) is 20.4 Å². The first kappa shape index (κ1) is 28.3. The van der Waals surface area contributed by atoms with Crippen molar-refractivity contribution in [2.45, 2.75) is 56.6 Å². The molecule has 1 fully saturated rings. The Morgan fingerprint density at radius 2 is 1.91 bits per heavy atom. The van der Waals surface area contributed by atoms with Crippen LogP contribution in [0.1, 0.15) is 31.7 Å². The minimum Gasteiger partial charge on any atom is -0.426 e. The van der Waals surface area contributed by atoms with Crippen molar-refractivity contribution in [2.75, 3.05) is 20.1 Å². The number of likely N-dealkylation sites (tertiary alicyclic amines) is 1. The minimum atomic E-state index is -5.32. The second-order valence-electron chi connectivity index (χ2n) is 8.60. The number of esters is 1. The van der Waals surface area contributed by atoms with Crippen LogP contribution >= 0.6 is 0 Å². The van der Waals surface area contributed by atoms with Gasteiger partial charge in [0.25, 0.3) is 5.72 Å². The van der Waals surface area contributed by atoms with Crippen molar-refractivity contribution < 1.29 is 37.1 Å². The molecule has 1 heterocycles. The first-order valence-electron chi connectivity index (χ1n) is 11.1. The Morgan fingerprint density at radius 3 is 2.54 bits per heavy atom. The van der Waals surface area contributed by atoms with Crippen LogP contribution in [0, 0.1) is 0 Å². The van der Waals surface area contributed by atoms with Gasteiger partial charge in [-0.15, -0.1) is 5.48 Å². The van der Waals surface area contributed by atoms with Gasteiger partial charge in [0.2, 0.25) is 5.91 Å². The molecule has 0 unspecified atom stereocenters. The van der Waals surface area contributed by atoms with E-state index in [4.69, 9.17) is 10.6 Å². The molecule has 0 bridgehead atoms. The predicted molar refractivity (Wildman–Crippen MR) is 120 cm³/mol. The molecule has 0 saturated carbocycles. The summed E-state index contributed by atoms with van der Waals surface area (Å²) in [7, 11) is 1.98. The number of aryl methyl sites for hydroxylation is 1. The number of benzene rings is 1. The van der Waals surface area contributed by atoms with E-state index in [1.807, 2.05) is 37.4 Å². The summed E-state index contributed by atoms with van der Waals surface area (Å²) in [5.74, 6) is -4.39. The molecular formula is C23H31F3N4O5. The van der Waals surface area contributed by atoms with Crippen molar-refractivity contribution in [3.63, 3.8) is 0 Å². The maximum Gasteiger partial charge on any atom is 0.491 e. The maximum absolute atomic E-state index is 12.4. The summed E-state index contributed by atoms with van der Waals surface area (Å²) in [6.07, 6.45) is 0.206. The molecule has 0 radical (unpaired) electrons. The van der Waals surface area contributed by atoms with Crippen LogP contribution in [0.15, 0.2) is 42.5 Å². The second kappa shape index (κ2) is 12.7. The predicted octanol–water partition coefficient (Wildman–Crippen LogP) is 1.58. The number of halogens is 3. The van der Waals surface area contributed by atoms with Crippen LogP contribution < -0.4 is 16.5 Å². The molecule has 1 amide bonds. The summed E-state index contributed by atoms with van der Waals surface area (Å²) < 4.78 is 41.3. The molecule has 4 N–H and O–H groups in total. The van der Waals surface area contributed by atoms with Crippen LogP contribution in [0.5, 0.6) is 0 Å². The Kier molecular flexibility index (Phi) is 10.2. The van der Waals surface area contributed by atoms with Crippen molar-refractivity contribution in [1.29, 1.82) is 0 Å². The van der Waals surface area contributed by atoms with Crippen molar-refractivity contribution in [3.05, 3.63) is 48.0 Å². The van der Waals surface area contributed by atoms with Gasteiger partial charge in [-0.1, -0.05) is 36.4 Å². The van der Waals surface area contributed by atoms with Crippen LogP contribution in [-0.2, 0) is 30.4 Å². The number of alkyl halides is 3. The number of likely N-dealkylation sites (N-methyl/N-ethyl adjacent to an activating group) is 1.